The third-order valence-electron chi connectivity index (χ3n) is 3.79. The smallest absolute Gasteiger partial charge is 0.246 e. The first kappa shape index (κ1) is 9.97. The molecule has 2 aliphatic rings. The van der Waals surface area contributed by atoms with Crippen molar-refractivity contribution in [1.82, 2.24) is 5.32 Å². The third kappa shape index (κ3) is 1.44. The van der Waals surface area contributed by atoms with E-state index in [1.54, 1.807) is 0 Å². The van der Waals surface area contributed by atoms with E-state index < -0.39 is 0 Å². The molecule has 0 aromatic carbocycles. The van der Waals surface area contributed by atoms with Gasteiger partial charge in [-0.3, -0.25) is 4.79 Å². The lowest BCUT2D eigenvalue weighted by atomic mass is 9.86. The Morgan fingerprint density at radius 1 is 1.57 bits per heavy atom. The molecule has 2 fully saturated rings. The number of nitrogens with one attached hydrogen (secondary N) is 1. The van der Waals surface area contributed by atoms with Gasteiger partial charge in [0.05, 0.1) is 12.1 Å². The maximum atomic E-state index is 11.3. The molecule has 2 rings (SSSR count). The van der Waals surface area contributed by atoms with Crippen molar-refractivity contribution in [2.45, 2.75) is 39.2 Å². The van der Waals surface area contributed by atoms with Crippen LogP contribution in [0.15, 0.2) is 0 Å². The molecule has 2 unspecified atom stereocenters. The van der Waals surface area contributed by atoms with Crippen LogP contribution >= 0.6 is 0 Å². The zero-order valence-electron chi connectivity index (χ0n) is 9.22. The molecule has 0 aromatic rings. The molecule has 1 saturated carbocycles. The van der Waals surface area contributed by atoms with Crippen LogP contribution in [0.1, 0.15) is 33.6 Å². The molecule has 14 heavy (non-hydrogen) atoms. The Morgan fingerprint density at radius 3 is 2.64 bits per heavy atom. The summed E-state index contributed by atoms with van der Waals surface area (Å²) in [7, 11) is 0. The van der Waals surface area contributed by atoms with Crippen molar-refractivity contribution in [3.63, 3.8) is 0 Å². The summed E-state index contributed by atoms with van der Waals surface area (Å²) in [6, 6.07) is 0. The van der Waals surface area contributed by atoms with Gasteiger partial charge in [-0.05, 0) is 24.2 Å². The van der Waals surface area contributed by atoms with Crippen molar-refractivity contribution in [3.8, 4) is 0 Å². The molecule has 0 aromatic heterocycles. The van der Waals surface area contributed by atoms with Gasteiger partial charge in [-0.25, -0.2) is 0 Å². The summed E-state index contributed by atoms with van der Waals surface area (Å²) in [6.07, 6.45) is 2.16. The first-order valence-corrected chi connectivity index (χ1v) is 5.39. The molecule has 0 radical (unpaired) electrons. The van der Waals surface area contributed by atoms with Crippen LogP contribution < -0.4 is 5.32 Å². The van der Waals surface area contributed by atoms with E-state index in [-0.39, 0.29) is 18.1 Å². The van der Waals surface area contributed by atoms with E-state index in [0.29, 0.717) is 17.9 Å². The third-order valence-corrected chi connectivity index (χ3v) is 3.79. The molecule has 1 heterocycles. The monoisotopic (exact) mass is 197 g/mol. The Morgan fingerprint density at radius 2 is 2.21 bits per heavy atom. The van der Waals surface area contributed by atoms with Crippen molar-refractivity contribution in [2.24, 2.45) is 11.3 Å². The average molecular weight is 197 g/mol. The topological polar surface area (TPSA) is 38.3 Å². The molecule has 0 bridgehead atoms. The summed E-state index contributed by atoms with van der Waals surface area (Å²) in [5.41, 5.74) is 0.294. The van der Waals surface area contributed by atoms with Gasteiger partial charge in [-0.2, -0.15) is 0 Å². The van der Waals surface area contributed by atoms with Gasteiger partial charge in [0, 0.05) is 0 Å². The zero-order valence-corrected chi connectivity index (χ0v) is 9.22. The van der Waals surface area contributed by atoms with E-state index in [4.69, 9.17) is 4.74 Å². The van der Waals surface area contributed by atoms with Gasteiger partial charge in [-0.1, -0.05) is 20.8 Å². The summed E-state index contributed by atoms with van der Waals surface area (Å²) in [5, 5.41) is 3.13. The Balaban J connectivity index is 2.14. The SMILES string of the molecule is CCC1(C2CC2(C)C)COCC(=O)N1. The van der Waals surface area contributed by atoms with E-state index in [9.17, 15) is 4.79 Å². The fraction of sp³-hybridized carbons (Fsp3) is 0.909. The molecular formula is C11H19NO2. The molecule has 1 aliphatic heterocycles. The quantitative estimate of drug-likeness (QED) is 0.725. The molecule has 2 atom stereocenters. The Kier molecular flexibility index (Phi) is 2.11. The van der Waals surface area contributed by atoms with Crippen LogP contribution in [0.4, 0.5) is 0 Å². The zero-order chi connectivity index (χ0) is 10.4. The Hall–Kier alpha value is -0.570. The summed E-state index contributed by atoms with van der Waals surface area (Å²) < 4.78 is 5.37. The number of morpholine rings is 1. The van der Waals surface area contributed by atoms with Crippen molar-refractivity contribution in [3.05, 3.63) is 0 Å². The average Bonchev–Trinajstić information content (AvgIpc) is 2.76. The summed E-state index contributed by atoms with van der Waals surface area (Å²) in [5.74, 6) is 0.630. The highest BCUT2D eigenvalue weighted by molar-refractivity contribution is 5.79. The van der Waals surface area contributed by atoms with Gasteiger partial charge in [0.1, 0.15) is 6.61 Å². The molecule has 1 N–H and O–H groups in total. The van der Waals surface area contributed by atoms with Gasteiger partial charge in [0.15, 0.2) is 0 Å². The van der Waals surface area contributed by atoms with Gasteiger partial charge < -0.3 is 10.1 Å². The maximum absolute atomic E-state index is 11.3. The molecule has 80 valence electrons. The maximum Gasteiger partial charge on any atom is 0.246 e. The highest BCUT2D eigenvalue weighted by Crippen LogP contribution is 2.58. The minimum absolute atomic E-state index is 0.0424. The molecule has 1 aliphatic carbocycles. The molecule has 1 amide bonds. The van der Waals surface area contributed by atoms with Crippen molar-refractivity contribution in [2.75, 3.05) is 13.2 Å². The number of hydrogen-bond acceptors (Lipinski definition) is 2. The summed E-state index contributed by atoms with van der Waals surface area (Å²) >= 11 is 0. The Labute approximate surface area is 85.2 Å². The fourth-order valence-corrected chi connectivity index (χ4v) is 2.71. The van der Waals surface area contributed by atoms with Gasteiger partial charge in [0.25, 0.3) is 0 Å². The normalized spacial score (nSPS) is 40.5. The Bertz CT molecular complexity index is 262. The van der Waals surface area contributed by atoms with Gasteiger partial charge in [-0.15, -0.1) is 0 Å². The van der Waals surface area contributed by atoms with Crippen LogP contribution in [0.25, 0.3) is 0 Å². The molecular weight excluding hydrogens is 178 g/mol. The second-order valence-corrected chi connectivity index (χ2v) is 5.30. The number of rotatable bonds is 2. The second-order valence-electron chi connectivity index (χ2n) is 5.30. The highest BCUT2D eigenvalue weighted by atomic mass is 16.5. The summed E-state index contributed by atoms with van der Waals surface area (Å²) in [6.45, 7) is 7.56. The van der Waals surface area contributed by atoms with Crippen LogP contribution in [0.2, 0.25) is 0 Å². The van der Waals surface area contributed by atoms with Crippen molar-refractivity contribution >= 4 is 5.91 Å². The molecule has 3 nitrogen and oxygen atoms in total. The number of hydrogen-bond donors (Lipinski definition) is 1. The van der Waals surface area contributed by atoms with Crippen molar-refractivity contribution < 1.29 is 9.53 Å². The van der Waals surface area contributed by atoms with Crippen LogP contribution in [0, 0.1) is 11.3 Å². The first-order valence-electron chi connectivity index (χ1n) is 5.39. The van der Waals surface area contributed by atoms with Crippen LogP contribution in [0.5, 0.6) is 0 Å². The lowest BCUT2D eigenvalue weighted by Gasteiger charge is -2.38. The van der Waals surface area contributed by atoms with E-state index >= 15 is 0 Å². The van der Waals surface area contributed by atoms with E-state index in [2.05, 4.69) is 26.1 Å². The fourth-order valence-electron chi connectivity index (χ4n) is 2.71. The van der Waals surface area contributed by atoms with E-state index in [0.717, 1.165) is 6.42 Å². The largest absolute Gasteiger partial charge is 0.369 e. The van der Waals surface area contributed by atoms with Crippen LogP contribution in [-0.4, -0.2) is 24.7 Å². The molecule has 0 spiro atoms. The van der Waals surface area contributed by atoms with E-state index in [1.807, 2.05) is 0 Å². The number of amides is 1. The highest BCUT2D eigenvalue weighted by Gasteiger charge is 2.58. The minimum atomic E-state index is -0.0845. The van der Waals surface area contributed by atoms with Crippen LogP contribution in [0.3, 0.4) is 0 Å². The van der Waals surface area contributed by atoms with Gasteiger partial charge in [0.2, 0.25) is 5.91 Å². The standard InChI is InChI=1S/C11H19NO2/c1-4-11(8-5-10(8,2)3)7-14-6-9(13)12-11/h8H,4-7H2,1-3H3,(H,12,13). The van der Waals surface area contributed by atoms with Crippen LogP contribution in [-0.2, 0) is 9.53 Å². The minimum Gasteiger partial charge on any atom is -0.369 e. The number of ether oxygens (including phenoxy) is 1. The van der Waals surface area contributed by atoms with E-state index in [1.165, 1.54) is 6.42 Å². The number of carbonyl (C=O) groups excluding carboxylic acids is 1. The lowest BCUT2D eigenvalue weighted by Crippen LogP contribution is -2.59. The molecule has 3 heteroatoms. The predicted octanol–water partition coefficient (Wildman–Crippen LogP) is 1.33. The second kappa shape index (κ2) is 2.96. The molecule has 1 saturated heterocycles. The predicted molar refractivity (Wildman–Crippen MR) is 53.9 cm³/mol. The first-order chi connectivity index (χ1) is 6.50. The lowest BCUT2D eigenvalue weighted by molar-refractivity contribution is -0.136. The number of carbonyl (C=O) groups is 1. The van der Waals surface area contributed by atoms with Crippen molar-refractivity contribution in [1.29, 1.82) is 0 Å². The summed E-state index contributed by atoms with van der Waals surface area (Å²) in [4.78, 5) is 11.3. The van der Waals surface area contributed by atoms with Gasteiger partial charge >= 0.3 is 0 Å².